The Hall–Kier alpha value is -1.54. The van der Waals surface area contributed by atoms with Gasteiger partial charge in [-0.05, 0) is 49.9 Å². The fourth-order valence-electron chi connectivity index (χ4n) is 1.98. The molecule has 0 spiro atoms. The predicted octanol–water partition coefficient (Wildman–Crippen LogP) is 3.29. The summed E-state index contributed by atoms with van der Waals surface area (Å²) in [6.07, 6.45) is 0. The Morgan fingerprint density at radius 1 is 1.21 bits per heavy atom. The number of rotatable bonds is 6. The van der Waals surface area contributed by atoms with Crippen LogP contribution in [0.15, 0.2) is 52.3 Å². The average Bonchev–Trinajstić information content (AvgIpc) is 2.54. The lowest BCUT2D eigenvalue weighted by Gasteiger charge is -2.10. The van der Waals surface area contributed by atoms with Crippen molar-refractivity contribution in [2.45, 2.75) is 16.7 Å². The number of nitrogens with one attached hydrogen (secondary N) is 2. The maximum absolute atomic E-state index is 12.1. The maximum Gasteiger partial charge on any atom is 0.240 e. The molecule has 0 aliphatic rings. The number of thioether (sulfide) groups is 1. The van der Waals surface area contributed by atoms with Crippen LogP contribution in [0.3, 0.4) is 0 Å². The van der Waals surface area contributed by atoms with Gasteiger partial charge in [0.15, 0.2) is 0 Å². The van der Waals surface area contributed by atoms with Gasteiger partial charge in [0.25, 0.3) is 0 Å². The molecule has 8 heteroatoms. The zero-order chi connectivity index (χ0) is 17.7. The van der Waals surface area contributed by atoms with E-state index in [4.69, 9.17) is 11.6 Å². The van der Waals surface area contributed by atoms with Crippen LogP contribution in [-0.2, 0) is 14.8 Å². The second kappa shape index (κ2) is 8.02. The van der Waals surface area contributed by atoms with Crippen molar-refractivity contribution in [3.63, 3.8) is 0 Å². The molecule has 128 valence electrons. The standard InChI is InChI=1S/C16H17ClN2O3S2/c1-11-6-7-13(9-15(11)24(21,22)18-2)19-16(20)10-23-14-5-3-4-12(17)8-14/h3-9,18H,10H2,1-2H3,(H,19,20). The number of benzene rings is 2. The molecule has 0 fully saturated rings. The van der Waals surface area contributed by atoms with Gasteiger partial charge >= 0.3 is 0 Å². The molecule has 0 aliphatic heterocycles. The summed E-state index contributed by atoms with van der Waals surface area (Å²) in [5, 5.41) is 3.32. The number of aryl methyl sites for hydroxylation is 1. The van der Waals surface area contributed by atoms with Gasteiger partial charge in [-0.25, -0.2) is 13.1 Å². The molecule has 2 aromatic carbocycles. The molecular formula is C16H17ClN2O3S2. The van der Waals surface area contributed by atoms with E-state index < -0.39 is 10.0 Å². The number of carbonyl (C=O) groups is 1. The minimum atomic E-state index is -3.57. The van der Waals surface area contributed by atoms with Crippen LogP contribution >= 0.6 is 23.4 Å². The number of hydrogen-bond donors (Lipinski definition) is 2. The van der Waals surface area contributed by atoms with Gasteiger partial charge in [-0.3, -0.25) is 4.79 Å². The molecule has 0 unspecified atom stereocenters. The van der Waals surface area contributed by atoms with Crippen LogP contribution in [0.2, 0.25) is 5.02 Å². The lowest BCUT2D eigenvalue weighted by atomic mass is 10.2. The monoisotopic (exact) mass is 384 g/mol. The zero-order valence-corrected chi connectivity index (χ0v) is 15.6. The summed E-state index contributed by atoms with van der Waals surface area (Å²) < 4.78 is 26.2. The van der Waals surface area contributed by atoms with E-state index in [-0.39, 0.29) is 16.6 Å². The second-order valence-corrected chi connectivity index (χ2v) is 8.32. The number of sulfonamides is 1. The van der Waals surface area contributed by atoms with Gasteiger partial charge < -0.3 is 5.32 Å². The van der Waals surface area contributed by atoms with Crippen LogP contribution in [-0.4, -0.2) is 27.1 Å². The van der Waals surface area contributed by atoms with Crippen molar-refractivity contribution in [3.05, 3.63) is 53.1 Å². The topological polar surface area (TPSA) is 75.3 Å². The highest BCUT2D eigenvalue weighted by atomic mass is 35.5. The molecule has 0 bridgehead atoms. The maximum atomic E-state index is 12.1. The zero-order valence-electron chi connectivity index (χ0n) is 13.2. The Bertz CT molecular complexity index is 854. The van der Waals surface area contributed by atoms with Gasteiger partial charge in [0.05, 0.1) is 10.6 Å². The Kier molecular flexibility index (Phi) is 6.28. The van der Waals surface area contributed by atoms with Crippen molar-refractivity contribution in [2.75, 3.05) is 18.1 Å². The third-order valence-corrected chi connectivity index (χ3v) is 5.98. The van der Waals surface area contributed by atoms with Gasteiger partial charge in [0.2, 0.25) is 15.9 Å². The van der Waals surface area contributed by atoms with E-state index in [0.717, 1.165) is 4.90 Å². The van der Waals surface area contributed by atoms with E-state index in [2.05, 4.69) is 10.0 Å². The van der Waals surface area contributed by atoms with E-state index in [1.54, 1.807) is 31.2 Å². The molecule has 0 aliphatic carbocycles. The Balaban J connectivity index is 2.05. The largest absolute Gasteiger partial charge is 0.325 e. The molecule has 0 atom stereocenters. The third kappa shape index (κ3) is 4.98. The summed E-state index contributed by atoms with van der Waals surface area (Å²) in [7, 11) is -2.22. The van der Waals surface area contributed by atoms with E-state index in [1.165, 1.54) is 24.9 Å². The molecule has 0 aromatic heterocycles. The quantitative estimate of drug-likeness (QED) is 0.749. The van der Waals surface area contributed by atoms with Crippen LogP contribution in [0.4, 0.5) is 5.69 Å². The minimum Gasteiger partial charge on any atom is -0.325 e. The van der Waals surface area contributed by atoms with Gasteiger partial charge in [-0.1, -0.05) is 23.7 Å². The fourth-order valence-corrected chi connectivity index (χ4v) is 3.98. The van der Waals surface area contributed by atoms with Crippen LogP contribution in [0.5, 0.6) is 0 Å². The van der Waals surface area contributed by atoms with Crippen LogP contribution in [0, 0.1) is 6.92 Å². The number of halogens is 1. The fraction of sp³-hybridized carbons (Fsp3) is 0.188. The Morgan fingerprint density at radius 2 is 1.96 bits per heavy atom. The van der Waals surface area contributed by atoms with E-state index in [0.29, 0.717) is 16.3 Å². The van der Waals surface area contributed by atoms with E-state index in [9.17, 15) is 13.2 Å². The molecule has 24 heavy (non-hydrogen) atoms. The first kappa shape index (κ1) is 18.8. The minimum absolute atomic E-state index is 0.144. The van der Waals surface area contributed by atoms with Gasteiger partial charge in [-0.15, -0.1) is 11.8 Å². The van der Waals surface area contributed by atoms with E-state index in [1.807, 2.05) is 12.1 Å². The molecule has 2 aromatic rings. The highest BCUT2D eigenvalue weighted by molar-refractivity contribution is 8.00. The van der Waals surface area contributed by atoms with Gasteiger partial charge in [0, 0.05) is 15.6 Å². The van der Waals surface area contributed by atoms with Crippen LogP contribution < -0.4 is 10.0 Å². The van der Waals surface area contributed by atoms with Crippen molar-refractivity contribution in [1.29, 1.82) is 0 Å². The summed E-state index contributed by atoms with van der Waals surface area (Å²) in [6, 6.07) is 12.0. The van der Waals surface area contributed by atoms with E-state index >= 15 is 0 Å². The molecule has 2 rings (SSSR count). The molecule has 0 heterocycles. The van der Waals surface area contributed by atoms with Crippen molar-refractivity contribution in [1.82, 2.24) is 4.72 Å². The second-order valence-electron chi connectivity index (χ2n) is 4.98. The highest BCUT2D eigenvalue weighted by Gasteiger charge is 2.15. The SMILES string of the molecule is CNS(=O)(=O)c1cc(NC(=O)CSc2cccc(Cl)c2)ccc1C. The van der Waals surface area contributed by atoms with Gasteiger partial charge in [-0.2, -0.15) is 0 Å². The number of hydrogen-bond acceptors (Lipinski definition) is 4. The first-order valence-electron chi connectivity index (χ1n) is 7.04. The molecule has 2 N–H and O–H groups in total. The van der Waals surface area contributed by atoms with Crippen molar-refractivity contribution in [3.8, 4) is 0 Å². The summed E-state index contributed by atoms with van der Waals surface area (Å²) >= 11 is 7.25. The summed E-state index contributed by atoms with van der Waals surface area (Å²) in [5.41, 5.74) is 1.04. The summed E-state index contributed by atoms with van der Waals surface area (Å²) in [5.74, 6) is -0.0286. The Labute approximate surface area is 150 Å². The number of carbonyl (C=O) groups excluding carboxylic acids is 1. The third-order valence-electron chi connectivity index (χ3n) is 3.20. The number of anilines is 1. The highest BCUT2D eigenvalue weighted by Crippen LogP contribution is 2.23. The molecular weight excluding hydrogens is 368 g/mol. The first-order valence-corrected chi connectivity index (χ1v) is 9.89. The molecule has 5 nitrogen and oxygen atoms in total. The lowest BCUT2D eigenvalue weighted by Crippen LogP contribution is -2.20. The Morgan fingerprint density at radius 3 is 2.62 bits per heavy atom. The smallest absolute Gasteiger partial charge is 0.240 e. The summed E-state index contributed by atoms with van der Waals surface area (Å²) in [4.78, 5) is 13.1. The first-order chi connectivity index (χ1) is 11.3. The molecule has 0 saturated carbocycles. The summed E-state index contributed by atoms with van der Waals surface area (Å²) in [6.45, 7) is 1.70. The van der Waals surface area contributed by atoms with Crippen LogP contribution in [0.25, 0.3) is 0 Å². The van der Waals surface area contributed by atoms with Crippen molar-refractivity contribution < 1.29 is 13.2 Å². The molecule has 0 radical (unpaired) electrons. The molecule has 0 saturated heterocycles. The number of amides is 1. The molecule has 1 amide bonds. The normalized spacial score (nSPS) is 11.3. The van der Waals surface area contributed by atoms with Crippen molar-refractivity contribution >= 4 is 45.0 Å². The van der Waals surface area contributed by atoms with Crippen LogP contribution in [0.1, 0.15) is 5.56 Å². The lowest BCUT2D eigenvalue weighted by molar-refractivity contribution is -0.113. The van der Waals surface area contributed by atoms with Crippen molar-refractivity contribution in [2.24, 2.45) is 0 Å². The van der Waals surface area contributed by atoms with Gasteiger partial charge in [0.1, 0.15) is 0 Å². The predicted molar refractivity (Wildman–Crippen MR) is 98.2 cm³/mol. The average molecular weight is 385 g/mol.